The second kappa shape index (κ2) is 6.77. The predicted molar refractivity (Wildman–Crippen MR) is 51.9 cm³/mol. The van der Waals surface area contributed by atoms with Gasteiger partial charge in [-0.15, -0.1) is 0 Å². The first kappa shape index (κ1) is 13.4. The molecule has 86 valence electrons. The van der Waals surface area contributed by atoms with Gasteiger partial charge >= 0.3 is 5.97 Å². The Labute approximate surface area is 87.0 Å². The van der Waals surface area contributed by atoms with Crippen molar-refractivity contribution in [3.8, 4) is 0 Å². The normalized spacial score (nSPS) is 11.6. The molecule has 1 atom stereocenters. The third-order valence-electron chi connectivity index (χ3n) is 1.64. The number of aliphatic carboxylic acids is 1. The Bertz CT molecular complexity index is 254. The number of carboxylic acids is 1. The van der Waals surface area contributed by atoms with Crippen molar-refractivity contribution in [2.75, 3.05) is 13.1 Å². The first-order chi connectivity index (χ1) is 6.97. The molecule has 15 heavy (non-hydrogen) atoms. The number of carbonyl (C=O) groups is 3. The molecule has 5 N–H and O–H groups in total. The second-order valence-corrected chi connectivity index (χ2v) is 2.90. The number of rotatable bonds is 6. The number of amides is 2. The van der Waals surface area contributed by atoms with E-state index in [9.17, 15) is 14.4 Å². The van der Waals surface area contributed by atoms with E-state index in [1.54, 1.807) is 6.92 Å². The summed E-state index contributed by atoms with van der Waals surface area (Å²) in [7, 11) is 0. The van der Waals surface area contributed by atoms with E-state index in [0.29, 0.717) is 6.42 Å². The van der Waals surface area contributed by atoms with Gasteiger partial charge < -0.3 is 21.5 Å². The fraction of sp³-hybridized carbons (Fsp3) is 0.625. The molecule has 0 spiro atoms. The van der Waals surface area contributed by atoms with Crippen molar-refractivity contribution in [3.05, 3.63) is 0 Å². The third-order valence-corrected chi connectivity index (χ3v) is 1.64. The Hall–Kier alpha value is -1.63. The van der Waals surface area contributed by atoms with Crippen LogP contribution in [0.4, 0.5) is 0 Å². The van der Waals surface area contributed by atoms with Crippen LogP contribution >= 0.6 is 0 Å². The summed E-state index contributed by atoms with van der Waals surface area (Å²) in [6, 6.07) is -0.641. The lowest BCUT2D eigenvalue weighted by atomic mass is 10.2. The smallest absolute Gasteiger partial charge is 0.322 e. The molecule has 0 aromatic heterocycles. The highest BCUT2D eigenvalue weighted by atomic mass is 16.4. The van der Waals surface area contributed by atoms with Gasteiger partial charge in [-0.25, -0.2) is 0 Å². The molecule has 7 heteroatoms. The molecule has 0 aliphatic rings. The fourth-order valence-corrected chi connectivity index (χ4v) is 0.721. The summed E-state index contributed by atoms with van der Waals surface area (Å²) in [5, 5.41) is 12.6. The topological polar surface area (TPSA) is 122 Å². The van der Waals surface area contributed by atoms with E-state index in [-0.39, 0.29) is 6.54 Å². The molecular formula is C8H15N3O4. The zero-order valence-corrected chi connectivity index (χ0v) is 8.45. The molecule has 0 aromatic rings. The van der Waals surface area contributed by atoms with Crippen LogP contribution in [0.3, 0.4) is 0 Å². The van der Waals surface area contributed by atoms with E-state index < -0.39 is 30.4 Å². The molecule has 0 heterocycles. The minimum atomic E-state index is -1.14. The SMILES string of the molecule is CC[C@H](N)C(=O)NCC(=O)NCC(=O)O. The Balaban J connectivity index is 3.71. The van der Waals surface area contributed by atoms with Crippen LogP contribution in [0.15, 0.2) is 0 Å². The van der Waals surface area contributed by atoms with Crippen molar-refractivity contribution in [2.45, 2.75) is 19.4 Å². The first-order valence-corrected chi connectivity index (χ1v) is 4.49. The van der Waals surface area contributed by atoms with Crippen LogP contribution in [0.25, 0.3) is 0 Å². The predicted octanol–water partition coefficient (Wildman–Crippen LogP) is -1.96. The lowest BCUT2D eigenvalue weighted by Gasteiger charge is -2.09. The summed E-state index contributed by atoms with van der Waals surface area (Å²) in [5.74, 6) is -2.13. The van der Waals surface area contributed by atoms with Gasteiger partial charge in [0.1, 0.15) is 6.54 Å². The fourth-order valence-electron chi connectivity index (χ4n) is 0.721. The molecule has 0 aliphatic carbocycles. The van der Waals surface area contributed by atoms with Crippen LogP contribution in [0, 0.1) is 0 Å². The summed E-state index contributed by atoms with van der Waals surface area (Å²) in [4.78, 5) is 32.1. The second-order valence-electron chi connectivity index (χ2n) is 2.90. The highest BCUT2D eigenvalue weighted by molar-refractivity contribution is 5.88. The van der Waals surface area contributed by atoms with Crippen LogP contribution in [-0.2, 0) is 14.4 Å². The van der Waals surface area contributed by atoms with Crippen LogP contribution < -0.4 is 16.4 Å². The van der Waals surface area contributed by atoms with E-state index in [0.717, 1.165) is 0 Å². The Morgan fingerprint density at radius 2 is 1.87 bits per heavy atom. The molecule has 0 radical (unpaired) electrons. The van der Waals surface area contributed by atoms with E-state index in [1.165, 1.54) is 0 Å². The number of hydrogen-bond acceptors (Lipinski definition) is 4. The summed E-state index contributed by atoms with van der Waals surface area (Å²) in [5.41, 5.74) is 5.39. The Morgan fingerprint density at radius 3 is 2.33 bits per heavy atom. The molecular weight excluding hydrogens is 202 g/mol. The summed E-state index contributed by atoms with van der Waals surface area (Å²) in [6.07, 6.45) is 0.475. The van der Waals surface area contributed by atoms with Crippen LogP contribution in [0.1, 0.15) is 13.3 Å². The molecule has 0 aromatic carbocycles. The van der Waals surface area contributed by atoms with Crippen molar-refractivity contribution in [3.63, 3.8) is 0 Å². The van der Waals surface area contributed by atoms with Gasteiger partial charge in [-0.1, -0.05) is 6.92 Å². The number of carbonyl (C=O) groups excluding carboxylic acids is 2. The highest BCUT2D eigenvalue weighted by Gasteiger charge is 2.11. The maximum absolute atomic E-state index is 11.1. The molecule has 0 unspecified atom stereocenters. The average molecular weight is 217 g/mol. The Kier molecular flexibility index (Phi) is 6.03. The van der Waals surface area contributed by atoms with Crippen molar-refractivity contribution in [2.24, 2.45) is 5.73 Å². The number of nitrogens with two attached hydrogens (primary N) is 1. The third kappa shape index (κ3) is 6.44. The van der Waals surface area contributed by atoms with E-state index in [1.807, 2.05) is 0 Å². The van der Waals surface area contributed by atoms with Crippen LogP contribution in [0.5, 0.6) is 0 Å². The van der Waals surface area contributed by atoms with E-state index in [4.69, 9.17) is 10.8 Å². The minimum absolute atomic E-state index is 0.264. The van der Waals surface area contributed by atoms with Gasteiger partial charge in [-0.2, -0.15) is 0 Å². The minimum Gasteiger partial charge on any atom is -0.480 e. The zero-order valence-electron chi connectivity index (χ0n) is 8.45. The maximum atomic E-state index is 11.1. The number of hydrogen-bond donors (Lipinski definition) is 4. The maximum Gasteiger partial charge on any atom is 0.322 e. The highest BCUT2D eigenvalue weighted by Crippen LogP contribution is 1.84. The quantitative estimate of drug-likeness (QED) is 0.411. The van der Waals surface area contributed by atoms with Gasteiger partial charge in [0, 0.05) is 0 Å². The summed E-state index contributed by atoms with van der Waals surface area (Å²) in [6.45, 7) is 1.02. The molecule has 0 bridgehead atoms. The van der Waals surface area contributed by atoms with Gasteiger partial charge in [-0.3, -0.25) is 14.4 Å². The molecule has 2 amide bonds. The molecule has 0 fully saturated rings. The number of nitrogens with one attached hydrogen (secondary N) is 2. The van der Waals surface area contributed by atoms with Crippen LogP contribution in [-0.4, -0.2) is 42.0 Å². The molecule has 0 saturated carbocycles. The van der Waals surface area contributed by atoms with Crippen molar-refractivity contribution >= 4 is 17.8 Å². The standard InChI is InChI=1S/C8H15N3O4/c1-2-5(9)8(15)11-3-6(12)10-4-7(13)14/h5H,2-4,9H2,1H3,(H,10,12)(H,11,15)(H,13,14)/t5-/m0/s1. The van der Waals surface area contributed by atoms with Crippen LogP contribution in [0.2, 0.25) is 0 Å². The molecule has 0 rings (SSSR count). The van der Waals surface area contributed by atoms with Gasteiger partial charge in [-0.05, 0) is 6.42 Å². The van der Waals surface area contributed by atoms with Gasteiger partial charge in [0.15, 0.2) is 0 Å². The number of carboxylic acid groups (broad SMARTS) is 1. The molecule has 0 saturated heterocycles. The monoisotopic (exact) mass is 217 g/mol. The van der Waals surface area contributed by atoms with Gasteiger partial charge in [0.2, 0.25) is 11.8 Å². The van der Waals surface area contributed by atoms with Gasteiger partial charge in [0.05, 0.1) is 12.6 Å². The lowest BCUT2D eigenvalue weighted by Crippen LogP contribution is -2.45. The van der Waals surface area contributed by atoms with Crippen molar-refractivity contribution in [1.82, 2.24) is 10.6 Å². The van der Waals surface area contributed by atoms with E-state index in [2.05, 4.69) is 10.6 Å². The summed E-state index contributed by atoms with van der Waals surface area (Å²) >= 11 is 0. The van der Waals surface area contributed by atoms with Gasteiger partial charge in [0.25, 0.3) is 0 Å². The molecule has 7 nitrogen and oxygen atoms in total. The largest absolute Gasteiger partial charge is 0.480 e. The summed E-state index contributed by atoms with van der Waals surface area (Å²) < 4.78 is 0. The zero-order chi connectivity index (χ0) is 11.8. The Morgan fingerprint density at radius 1 is 1.27 bits per heavy atom. The first-order valence-electron chi connectivity index (χ1n) is 4.49. The lowest BCUT2D eigenvalue weighted by molar-refractivity contribution is -0.137. The molecule has 0 aliphatic heterocycles. The van der Waals surface area contributed by atoms with Crippen molar-refractivity contribution < 1.29 is 19.5 Å². The van der Waals surface area contributed by atoms with Crippen molar-refractivity contribution in [1.29, 1.82) is 0 Å². The average Bonchev–Trinajstić information content (AvgIpc) is 2.21. The van der Waals surface area contributed by atoms with E-state index >= 15 is 0 Å².